The van der Waals surface area contributed by atoms with Gasteiger partial charge in [-0.2, -0.15) is 0 Å². The smallest absolute Gasteiger partial charge is 0.410 e. The number of nitrogens with two attached hydrogens (primary N) is 1. The minimum absolute atomic E-state index is 0.253. The number of methoxy groups -OCH3 is 1. The molecule has 0 saturated carbocycles. The second-order valence-electron chi connectivity index (χ2n) is 5.51. The van der Waals surface area contributed by atoms with Crippen LogP contribution in [0.3, 0.4) is 0 Å². The van der Waals surface area contributed by atoms with Gasteiger partial charge in [-0.25, -0.2) is 4.79 Å². The molecule has 18 heavy (non-hydrogen) atoms. The molecule has 1 aliphatic heterocycles. The summed E-state index contributed by atoms with van der Waals surface area (Å²) in [6.07, 6.45) is 0.155. The number of carbonyl (C=O) groups is 2. The average molecular weight is 258 g/mol. The molecule has 0 radical (unpaired) electrons. The summed E-state index contributed by atoms with van der Waals surface area (Å²) in [6.45, 7) is 6.17. The zero-order valence-corrected chi connectivity index (χ0v) is 11.4. The molecule has 1 aliphatic rings. The molecule has 0 aliphatic carbocycles. The minimum Gasteiger partial charge on any atom is -0.469 e. The predicted octanol–water partition coefficient (Wildman–Crippen LogP) is 0.744. The van der Waals surface area contributed by atoms with Gasteiger partial charge in [0.2, 0.25) is 0 Å². The molecule has 1 heterocycles. The molecule has 0 spiro atoms. The van der Waals surface area contributed by atoms with E-state index in [0.717, 1.165) is 0 Å². The molecule has 0 aromatic rings. The molecular formula is C12H22N2O4. The minimum atomic E-state index is -0.544. The first kappa shape index (κ1) is 14.8. The summed E-state index contributed by atoms with van der Waals surface area (Å²) in [5.74, 6) is -0.855. The molecule has 1 unspecified atom stereocenters. The first-order chi connectivity index (χ1) is 8.24. The summed E-state index contributed by atoms with van der Waals surface area (Å²) in [4.78, 5) is 24.9. The van der Waals surface area contributed by atoms with E-state index in [9.17, 15) is 9.59 Å². The van der Waals surface area contributed by atoms with Gasteiger partial charge in [0.05, 0.1) is 13.0 Å². The highest BCUT2D eigenvalue weighted by Crippen LogP contribution is 2.19. The number of hydrogen-bond donors (Lipinski definition) is 1. The number of piperidine rings is 1. The monoisotopic (exact) mass is 258 g/mol. The molecule has 2 atom stereocenters. The van der Waals surface area contributed by atoms with Gasteiger partial charge in [-0.05, 0) is 27.2 Å². The van der Waals surface area contributed by atoms with E-state index in [-0.39, 0.29) is 18.6 Å². The number of likely N-dealkylation sites (tertiary alicyclic amines) is 1. The maximum Gasteiger partial charge on any atom is 0.410 e. The van der Waals surface area contributed by atoms with Gasteiger partial charge in [0.15, 0.2) is 0 Å². The van der Waals surface area contributed by atoms with Gasteiger partial charge < -0.3 is 20.1 Å². The lowest BCUT2D eigenvalue weighted by Crippen LogP contribution is -2.53. The Bertz CT molecular complexity index is 325. The largest absolute Gasteiger partial charge is 0.469 e. The Labute approximate surface area is 107 Å². The predicted molar refractivity (Wildman–Crippen MR) is 65.9 cm³/mol. The first-order valence-corrected chi connectivity index (χ1v) is 6.06. The Morgan fingerprint density at radius 3 is 2.44 bits per heavy atom. The lowest BCUT2D eigenvalue weighted by molar-refractivity contribution is -0.147. The van der Waals surface area contributed by atoms with Crippen LogP contribution in [0.15, 0.2) is 0 Å². The van der Waals surface area contributed by atoms with E-state index in [1.807, 2.05) is 0 Å². The van der Waals surface area contributed by atoms with Crippen LogP contribution < -0.4 is 5.73 Å². The van der Waals surface area contributed by atoms with Crippen molar-refractivity contribution in [1.29, 1.82) is 0 Å². The maximum atomic E-state index is 11.9. The SMILES string of the molecule is COC(=O)[C@@H]1CN(C(=O)OC(C)(C)C)CCC1N. The maximum absolute atomic E-state index is 11.9. The van der Waals surface area contributed by atoms with Crippen LogP contribution in [0.5, 0.6) is 0 Å². The van der Waals surface area contributed by atoms with Crippen molar-refractivity contribution in [2.24, 2.45) is 11.7 Å². The summed E-state index contributed by atoms with van der Waals surface area (Å²) in [7, 11) is 1.32. The highest BCUT2D eigenvalue weighted by molar-refractivity contribution is 5.75. The van der Waals surface area contributed by atoms with Crippen molar-refractivity contribution in [1.82, 2.24) is 4.90 Å². The van der Waals surface area contributed by atoms with Crippen LogP contribution in [0.25, 0.3) is 0 Å². The summed E-state index contributed by atoms with van der Waals surface area (Å²) in [5, 5.41) is 0. The second-order valence-corrected chi connectivity index (χ2v) is 5.51. The molecule has 0 aromatic heterocycles. The number of nitrogens with zero attached hydrogens (tertiary/aromatic N) is 1. The third kappa shape index (κ3) is 3.87. The van der Waals surface area contributed by atoms with Crippen molar-refractivity contribution in [2.75, 3.05) is 20.2 Å². The lowest BCUT2D eigenvalue weighted by atomic mass is 9.93. The van der Waals surface area contributed by atoms with E-state index < -0.39 is 17.6 Å². The van der Waals surface area contributed by atoms with E-state index in [4.69, 9.17) is 15.2 Å². The Kier molecular flexibility index (Phi) is 4.56. The number of hydrogen-bond acceptors (Lipinski definition) is 5. The van der Waals surface area contributed by atoms with Crippen LogP contribution in [0.1, 0.15) is 27.2 Å². The fourth-order valence-electron chi connectivity index (χ4n) is 1.86. The molecule has 2 N–H and O–H groups in total. The number of ether oxygens (including phenoxy) is 2. The first-order valence-electron chi connectivity index (χ1n) is 6.06. The van der Waals surface area contributed by atoms with Crippen LogP contribution >= 0.6 is 0 Å². The van der Waals surface area contributed by atoms with Crippen LogP contribution in [0.2, 0.25) is 0 Å². The van der Waals surface area contributed by atoms with Gasteiger partial charge in [0.1, 0.15) is 5.60 Å². The third-order valence-corrected chi connectivity index (χ3v) is 2.82. The van der Waals surface area contributed by atoms with Gasteiger partial charge in [-0.3, -0.25) is 4.79 Å². The molecule has 1 saturated heterocycles. The van der Waals surface area contributed by atoms with Crippen molar-refractivity contribution in [3.63, 3.8) is 0 Å². The van der Waals surface area contributed by atoms with E-state index in [1.54, 1.807) is 20.8 Å². The number of carbonyl (C=O) groups excluding carboxylic acids is 2. The highest BCUT2D eigenvalue weighted by Gasteiger charge is 2.36. The van der Waals surface area contributed by atoms with Crippen molar-refractivity contribution in [3.05, 3.63) is 0 Å². The van der Waals surface area contributed by atoms with Crippen LogP contribution in [-0.4, -0.2) is 48.8 Å². The summed E-state index contributed by atoms with van der Waals surface area (Å²) in [5.41, 5.74) is 5.32. The number of rotatable bonds is 1. The van der Waals surface area contributed by atoms with Crippen molar-refractivity contribution in [3.8, 4) is 0 Å². The lowest BCUT2D eigenvalue weighted by Gasteiger charge is -2.36. The molecule has 6 nitrogen and oxygen atoms in total. The van der Waals surface area contributed by atoms with Gasteiger partial charge in [-0.15, -0.1) is 0 Å². The fraction of sp³-hybridized carbons (Fsp3) is 0.833. The summed E-state index contributed by atoms with van der Waals surface area (Å²) < 4.78 is 9.96. The molecule has 0 bridgehead atoms. The number of esters is 1. The van der Waals surface area contributed by atoms with E-state index in [0.29, 0.717) is 13.0 Å². The van der Waals surface area contributed by atoms with E-state index in [1.165, 1.54) is 12.0 Å². The molecule has 104 valence electrons. The van der Waals surface area contributed by atoms with Gasteiger partial charge in [0, 0.05) is 19.1 Å². The Hall–Kier alpha value is -1.30. The quantitative estimate of drug-likeness (QED) is 0.702. The van der Waals surface area contributed by atoms with Crippen LogP contribution in [0, 0.1) is 5.92 Å². The van der Waals surface area contributed by atoms with Crippen molar-refractivity contribution < 1.29 is 19.1 Å². The van der Waals surface area contributed by atoms with Crippen LogP contribution in [0.4, 0.5) is 4.79 Å². The fourth-order valence-corrected chi connectivity index (χ4v) is 1.86. The van der Waals surface area contributed by atoms with Gasteiger partial charge >= 0.3 is 12.1 Å². The molecule has 6 heteroatoms. The van der Waals surface area contributed by atoms with Gasteiger partial charge in [-0.1, -0.05) is 0 Å². The zero-order valence-electron chi connectivity index (χ0n) is 11.4. The Morgan fingerprint density at radius 1 is 1.33 bits per heavy atom. The van der Waals surface area contributed by atoms with Crippen molar-refractivity contribution >= 4 is 12.1 Å². The molecule has 0 aromatic carbocycles. The molecule has 1 amide bonds. The molecule has 1 fully saturated rings. The standard InChI is InChI=1S/C12H22N2O4/c1-12(2,3)18-11(16)14-6-5-9(13)8(7-14)10(15)17-4/h8-9H,5-7,13H2,1-4H3/t8-,9?/m1/s1. The Balaban J connectivity index is 2.64. The molecule has 1 rings (SSSR count). The zero-order chi connectivity index (χ0) is 13.9. The number of amides is 1. The van der Waals surface area contributed by atoms with Gasteiger partial charge in [0.25, 0.3) is 0 Å². The summed E-state index contributed by atoms with van der Waals surface area (Å²) >= 11 is 0. The molecular weight excluding hydrogens is 236 g/mol. The normalized spacial score (nSPS) is 24.6. The van der Waals surface area contributed by atoms with E-state index in [2.05, 4.69) is 0 Å². The third-order valence-electron chi connectivity index (χ3n) is 2.82. The second kappa shape index (κ2) is 5.56. The van der Waals surface area contributed by atoms with Crippen LogP contribution in [-0.2, 0) is 14.3 Å². The highest BCUT2D eigenvalue weighted by atomic mass is 16.6. The average Bonchev–Trinajstić information content (AvgIpc) is 2.26. The van der Waals surface area contributed by atoms with Crippen molar-refractivity contribution in [2.45, 2.75) is 38.8 Å². The summed E-state index contributed by atoms with van der Waals surface area (Å²) in [6, 6.07) is -0.267. The topological polar surface area (TPSA) is 81.9 Å². The van der Waals surface area contributed by atoms with E-state index >= 15 is 0 Å². The Morgan fingerprint density at radius 2 is 1.94 bits per heavy atom.